The minimum Gasteiger partial charge on any atom is -1.00 e. The van der Waals surface area contributed by atoms with E-state index in [1.54, 1.807) is 0 Å². The van der Waals surface area contributed by atoms with E-state index in [-0.39, 0.29) is 29.6 Å². The number of fused-ring (bicyclic) bond motifs is 1. The van der Waals surface area contributed by atoms with Crippen LogP contribution in [0.25, 0.3) is 0 Å². The molecule has 4 atom stereocenters. The first kappa shape index (κ1) is 25.8. The lowest BCUT2D eigenvalue weighted by atomic mass is 9.95. The normalized spacial score (nSPS) is 29.9. The van der Waals surface area contributed by atoms with Crippen LogP contribution in [0.15, 0.2) is 0 Å². The molecule has 2 aliphatic rings. The number of β-lactam (4-membered cyclic amide) rings is 1. The zero-order valence-corrected chi connectivity index (χ0v) is 21.1. The second-order valence-electron chi connectivity index (χ2n) is 6.45. The van der Waals surface area contributed by atoms with Gasteiger partial charge in [0.1, 0.15) is 27.7 Å². The van der Waals surface area contributed by atoms with Crippen molar-refractivity contribution in [2.24, 2.45) is 0 Å². The van der Waals surface area contributed by atoms with Gasteiger partial charge in [0.25, 0.3) is 0 Å². The molecule has 0 radical (unpaired) electrons. The molecule has 0 bridgehead atoms. The maximum absolute atomic E-state index is 13.1. The molecule has 2 fully saturated rings. The lowest BCUT2D eigenvalue weighted by molar-refractivity contribution is -0.166. The highest BCUT2D eigenvalue weighted by Gasteiger charge is 2.79. The standard InChI is InChI=1S/C14H18BrCl3N2O4S2.ClH/c1-5-26(15)14(19-7(2)21)10(23)20-8(12(3,4)25-11(14)20)9(22)24-6-13(16,17)18;/h8,11H,5-6H2,1-4H3;1H/t8-,11+,14+,26?;/m0./s1. The van der Waals surface area contributed by atoms with Gasteiger partial charge in [0.15, 0.2) is 5.37 Å². The van der Waals surface area contributed by atoms with E-state index >= 15 is 0 Å². The summed E-state index contributed by atoms with van der Waals surface area (Å²) < 4.78 is 2.77. The van der Waals surface area contributed by atoms with Crippen LogP contribution < -0.4 is 17.7 Å². The van der Waals surface area contributed by atoms with Gasteiger partial charge in [0, 0.05) is 11.7 Å². The monoisotopic (exact) mass is 562 g/mol. The van der Waals surface area contributed by atoms with Gasteiger partial charge in [-0.05, 0) is 20.8 Å². The van der Waals surface area contributed by atoms with Crippen LogP contribution in [0, 0.1) is 0 Å². The number of nitrogens with zero attached hydrogens (tertiary/aromatic N) is 1. The number of rotatable bonds is 5. The Hall–Kier alpha value is 0.750. The Kier molecular flexibility index (Phi) is 8.46. The molecular formula is C14H19BrCl4N2O4S2. The van der Waals surface area contributed by atoms with Crippen molar-refractivity contribution in [1.29, 1.82) is 0 Å². The van der Waals surface area contributed by atoms with Gasteiger partial charge < -0.3 is 22.0 Å². The van der Waals surface area contributed by atoms with E-state index in [1.807, 2.05) is 20.8 Å². The van der Waals surface area contributed by atoms with Crippen LogP contribution in [0.2, 0.25) is 0 Å². The molecule has 0 spiro atoms. The molecule has 0 aromatic rings. The Morgan fingerprint density at radius 1 is 1.41 bits per heavy atom. The number of esters is 1. The number of amides is 2. The predicted octanol–water partition coefficient (Wildman–Crippen LogP) is -0.253. The lowest BCUT2D eigenvalue weighted by Crippen LogP contribution is -3.00. The van der Waals surface area contributed by atoms with Crippen molar-refractivity contribution >= 4 is 88.5 Å². The Labute approximate surface area is 194 Å². The van der Waals surface area contributed by atoms with Gasteiger partial charge in [-0.2, -0.15) is 0 Å². The molecule has 156 valence electrons. The number of thioether (sulfide) groups is 1. The first-order valence-corrected chi connectivity index (χ1v) is 12.9. The minimum absolute atomic E-state index is 0. The summed E-state index contributed by atoms with van der Waals surface area (Å²) in [5.41, 5.74) is 0. The third-order valence-corrected chi connectivity index (χ3v) is 10.8. The average molecular weight is 565 g/mol. The van der Waals surface area contributed by atoms with Crippen LogP contribution in [-0.4, -0.2) is 59.9 Å². The topological polar surface area (TPSA) is 75.7 Å². The van der Waals surface area contributed by atoms with E-state index in [4.69, 9.17) is 39.5 Å². The minimum atomic E-state index is -1.73. The molecule has 27 heavy (non-hydrogen) atoms. The molecule has 0 aromatic carbocycles. The quantitative estimate of drug-likeness (QED) is 0.216. The number of ether oxygens (including phenoxy) is 1. The fourth-order valence-electron chi connectivity index (χ4n) is 3.11. The van der Waals surface area contributed by atoms with E-state index in [1.165, 1.54) is 23.6 Å². The molecular weight excluding hydrogens is 546 g/mol. The zero-order chi connectivity index (χ0) is 20.1. The highest BCUT2D eigenvalue weighted by molar-refractivity contribution is 9.48. The second kappa shape index (κ2) is 8.86. The van der Waals surface area contributed by atoms with Gasteiger partial charge in [-0.1, -0.05) is 34.8 Å². The maximum atomic E-state index is 13.1. The number of hydrogen-bond acceptors (Lipinski definition) is 5. The van der Waals surface area contributed by atoms with Gasteiger partial charge in [-0.25, -0.2) is 4.79 Å². The number of hydrogen-bond donors (Lipinski definition) is 1. The number of halogens is 5. The molecule has 2 aliphatic heterocycles. The van der Waals surface area contributed by atoms with Crippen LogP contribution >= 0.6 is 61.4 Å². The van der Waals surface area contributed by atoms with Gasteiger partial charge in [-0.3, -0.25) is 14.9 Å². The van der Waals surface area contributed by atoms with E-state index in [0.29, 0.717) is 5.75 Å². The summed E-state index contributed by atoms with van der Waals surface area (Å²) in [5.74, 6) is -0.593. The Morgan fingerprint density at radius 3 is 2.41 bits per heavy atom. The Bertz CT molecular complexity index is 637. The third kappa shape index (κ3) is 4.75. The summed E-state index contributed by atoms with van der Waals surface area (Å²) in [5, 5.41) is 2.43. The van der Waals surface area contributed by atoms with Crippen molar-refractivity contribution in [3.05, 3.63) is 0 Å². The van der Waals surface area contributed by atoms with Crippen LogP contribution in [0.3, 0.4) is 0 Å². The van der Waals surface area contributed by atoms with Crippen molar-refractivity contribution in [2.75, 3.05) is 12.4 Å². The molecule has 13 heteroatoms. The SMILES string of the molecule is CC[S+](Br)[C@]1(NC(C)=O)C(=O)N2[C@@H](C(=O)OCC(Cl)(Cl)Cl)C(C)(C)S[C@@H]21.[Cl-]. The average Bonchev–Trinajstić information content (AvgIpc) is 2.77. The summed E-state index contributed by atoms with van der Waals surface area (Å²) in [6.45, 7) is 6.59. The van der Waals surface area contributed by atoms with E-state index < -0.39 is 41.4 Å². The molecule has 0 aliphatic carbocycles. The smallest absolute Gasteiger partial charge is 0.330 e. The van der Waals surface area contributed by atoms with E-state index in [9.17, 15) is 14.4 Å². The van der Waals surface area contributed by atoms with E-state index in [0.717, 1.165) is 0 Å². The highest BCUT2D eigenvalue weighted by Crippen LogP contribution is 2.58. The molecule has 2 rings (SSSR count). The largest absolute Gasteiger partial charge is 1.00 e. The maximum Gasteiger partial charge on any atom is 0.330 e. The first-order valence-electron chi connectivity index (χ1n) is 7.68. The summed E-state index contributed by atoms with van der Waals surface area (Å²) in [6.07, 6.45) is 0. The molecule has 0 saturated carbocycles. The van der Waals surface area contributed by atoms with Crippen molar-refractivity contribution in [3.63, 3.8) is 0 Å². The number of alkyl halides is 3. The summed E-state index contributed by atoms with van der Waals surface area (Å²) in [6, 6.07) is -0.833. The predicted molar refractivity (Wildman–Crippen MR) is 111 cm³/mol. The van der Waals surface area contributed by atoms with Crippen molar-refractivity contribution < 1.29 is 31.5 Å². The van der Waals surface area contributed by atoms with Gasteiger partial charge in [-0.15, -0.1) is 11.8 Å². The summed E-state index contributed by atoms with van der Waals surface area (Å²) in [4.78, 5) is 37.9. The molecule has 1 unspecified atom stereocenters. The number of carbonyl (C=O) groups excluding carboxylic acids is 3. The highest BCUT2D eigenvalue weighted by atomic mass is 79.9. The van der Waals surface area contributed by atoms with Crippen molar-refractivity contribution in [1.82, 2.24) is 10.2 Å². The van der Waals surface area contributed by atoms with Crippen LogP contribution in [-0.2, 0) is 28.4 Å². The lowest BCUT2D eigenvalue weighted by Gasteiger charge is -2.48. The number of nitrogens with one attached hydrogen (secondary N) is 1. The van der Waals surface area contributed by atoms with Crippen LogP contribution in [0.4, 0.5) is 0 Å². The Morgan fingerprint density at radius 2 is 1.96 bits per heavy atom. The van der Waals surface area contributed by atoms with E-state index in [2.05, 4.69) is 20.1 Å². The van der Waals surface area contributed by atoms with Crippen LogP contribution in [0.1, 0.15) is 27.7 Å². The summed E-state index contributed by atoms with van der Waals surface area (Å²) >= 11 is 21.9. The van der Waals surface area contributed by atoms with Gasteiger partial charge in [0.05, 0.1) is 0 Å². The Balaban J connectivity index is 0.00000364. The van der Waals surface area contributed by atoms with Gasteiger partial charge in [0.2, 0.25) is 24.5 Å². The molecule has 2 saturated heterocycles. The van der Waals surface area contributed by atoms with Gasteiger partial charge >= 0.3 is 16.7 Å². The third-order valence-electron chi connectivity index (χ3n) is 4.07. The summed E-state index contributed by atoms with van der Waals surface area (Å²) in [7, 11) is -0.581. The second-order valence-corrected chi connectivity index (χ2v) is 14.9. The fourth-order valence-corrected chi connectivity index (χ4v) is 8.23. The number of carbonyl (C=O) groups is 3. The molecule has 1 N–H and O–H groups in total. The molecule has 2 heterocycles. The van der Waals surface area contributed by atoms with Crippen molar-refractivity contribution in [3.8, 4) is 0 Å². The van der Waals surface area contributed by atoms with Crippen molar-refractivity contribution in [2.45, 2.75) is 52.5 Å². The molecule has 0 aromatic heterocycles. The molecule has 6 nitrogen and oxygen atoms in total. The zero-order valence-electron chi connectivity index (χ0n) is 14.9. The first-order chi connectivity index (χ1) is 11.8. The van der Waals surface area contributed by atoms with Crippen LogP contribution in [0.5, 0.6) is 0 Å². The molecule has 2 amide bonds. The fraction of sp³-hybridized carbons (Fsp3) is 0.786.